The van der Waals surface area contributed by atoms with Crippen LogP contribution in [0.2, 0.25) is 0 Å². The normalized spacial score (nSPS) is 10.7. The standard InChI is InChI=1S/C13H11N3O2/c1-8-2-4-14-12(6-8)16-13(17)10-7-11-9(15-10)3-5-18-11/h2-7,15H,1H3,(H,14,16,17). The van der Waals surface area contributed by atoms with Gasteiger partial charge in [-0.1, -0.05) is 0 Å². The maximum Gasteiger partial charge on any atom is 0.273 e. The van der Waals surface area contributed by atoms with Crippen LogP contribution in [-0.4, -0.2) is 15.9 Å². The number of fused-ring (bicyclic) bond motifs is 1. The SMILES string of the molecule is Cc1ccnc(NC(=O)c2cc3occc3[nH]2)c1. The third-order valence-corrected chi connectivity index (χ3v) is 2.64. The predicted octanol–water partition coefficient (Wildman–Crippen LogP) is 2.72. The average Bonchev–Trinajstić information content (AvgIpc) is 2.88. The molecule has 0 aliphatic rings. The first-order chi connectivity index (χ1) is 8.72. The number of H-pyrrole nitrogens is 1. The number of carbonyl (C=O) groups is 1. The molecule has 0 saturated heterocycles. The van der Waals surface area contributed by atoms with E-state index in [4.69, 9.17) is 4.42 Å². The fraction of sp³-hybridized carbons (Fsp3) is 0.0769. The molecule has 5 heteroatoms. The molecule has 3 rings (SSSR count). The molecule has 0 atom stereocenters. The number of aromatic nitrogens is 2. The Morgan fingerprint density at radius 3 is 3.06 bits per heavy atom. The van der Waals surface area contributed by atoms with Crippen molar-refractivity contribution in [1.82, 2.24) is 9.97 Å². The van der Waals surface area contributed by atoms with Crippen molar-refractivity contribution in [1.29, 1.82) is 0 Å². The molecular weight excluding hydrogens is 230 g/mol. The van der Waals surface area contributed by atoms with E-state index in [0.29, 0.717) is 17.1 Å². The van der Waals surface area contributed by atoms with Crippen molar-refractivity contribution in [3.05, 3.63) is 48.0 Å². The van der Waals surface area contributed by atoms with Crippen molar-refractivity contribution in [3.63, 3.8) is 0 Å². The molecule has 3 aromatic rings. The van der Waals surface area contributed by atoms with Crippen molar-refractivity contribution in [2.75, 3.05) is 5.32 Å². The number of furan rings is 1. The van der Waals surface area contributed by atoms with E-state index in [-0.39, 0.29) is 5.91 Å². The topological polar surface area (TPSA) is 70.9 Å². The number of amides is 1. The minimum Gasteiger partial charge on any atom is -0.463 e. The van der Waals surface area contributed by atoms with Crippen LogP contribution in [0.25, 0.3) is 11.1 Å². The number of carbonyl (C=O) groups excluding carboxylic acids is 1. The summed E-state index contributed by atoms with van der Waals surface area (Å²) in [5.41, 5.74) is 2.96. The summed E-state index contributed by atoms with van der Waals surface area (Å²) in [7, 11) is 0. The number of nitrogens with zero attached hydrogens (tertiary/aromatic N) is 1. The zero-order valence-corrected chi connectivity index (χ0v) is 9.73. The van der Waals surface area contributed by atoms with Crippen LogP contribution in [0.15, 0.2) is 41.1 Å². The van der Waals surface area contributed by atoms with Crippen molar-refractivity contribution < 1.29 is 9.21 Å². The molecule has 0 unspecified atom stereocenters. The highest BCUT2D eigenvalue weighted by Crippen LogP contribution is 2.17. The molecule has 0 spiro atoms. The second-order valence-corrected chi connectivity index (χ2v) is 4.05. The molecule has 1 amide bonds. The molecule has 3 aromatic heterocycles. The fourth-order valence-corrected chi connectivity index (χ4v) is 1.76. The number of rotatable bonds is 2. The predicted molar refractivity (Wildman–Crippen MR) is 67.5 cm³/mol. The number of aromatic amines is 1. The quantitative estimate of drug-likeness (QED) is 0.724. The fourth-order valence-electron chi connectivity index (χ4n) is 1.76. The Balaban J connectivity index is 1.85. The molecule has 0 saturated carbocycles. The third kappa shape index (κ3) is 1.86. The Labute approximate surface area is 103 Å². The van der Waals surface area contributed by atoms with Gasteiger partial charge in [-0.05, 0) is 24.6 Å². The van der Waals surface area contributed by atoms with Crippen molar-refractivity contribution in [2.45, 2.75) is 6.92 Å². The molecule has 2 N–H and O–H groups in total. The summed E-state index contributed by atoms with van der Waals surface area (Å²) in [6.45, 7) is 1.94. The number of hydrogen-bond acceptors (Lipinski definition) is 3. The molecule has 0 radical (unpaired) electrons. The van der Waals surface area contributed by atoms with Crippen LogP contribution < -0.4 is 5.32 Å². The molecule has 5 nitrogen and oxygen atoms in total. The van der Waals surface area contributed by atoms with Gasteiger partial charge in [0.1, 0.15) is 11.5 Å². The molecule has 90 valence electrons. The van der Waals surface area contributed by atoms with Crippen LogP contribution in [-0.2, 0) is 0 Å². The highest BCUT2D eigenvalue weighted by Gasteiger charge is 2.11. The molecule has 18 heavy (non-hydrogen) atoms. The van der Waals surface area contributed by atoms with Gasteiger partial charge in [-0.3, -0.25) is 4.79 Å². The van der Waals surface area contributed by atoms with Crippen LogP contribution in [0.5, 0.6) is 0 Å². The van der Waals surface area contributed by atoms with E-state index < -0.39 is 0 Å². The van der Waals surface area contributed by atoms with E-state index in [9.17, 15) is 4.79 Å². The first-order valence-electron chi connectivity index (χ1n) is 5.52. The largest absolute Gasteiger partial charge is 0.463 e. The molecule has 0 aliphatic heterocycles. The van der Waals surface area contributed by atoms with E-state index in [1.54, 1.807) is 24.6 Å². The van der Waals surface area contributed by atoms with Crippen LogP contribution in [0.1, 0.15) is 16.1 Å². The summed E-state index contributed by atoms with van der Waals surface area (Å²) in [5.74, 6) is 0.297. The second kappa shape index (κ2) is 4.03. The second-order valence-electron chi connectivity index (χ2n) is 4.05. The van der Waals surface area contributed by atoms with E-state index >= 15 is 0 Å². The molecule has 0 fully saturated rings. The highest BCUT2D eigenvalue weighted by atomic mass is 16.3. The van der Waals surface area contributed by atoms with Gasteiger partial charge < -0.3 is 14.7 Å². The van der Waals surface area contributed by atoms with E-state index in [1.165, 1.54) is 0 Å². The lowest BCUT2D eigenvalue weighted by Gasteiger charge is -2.02. The van der Waals surface area contributed by atoms with Gasteiger partial charge in [-0.25, -0.2) is 4.98 Å². The molecular formula is C13H11N3O2. The van der Waals surface area contributed by atoms with Gasteiger partial charge in [0, 0.05) is 18.3 Å². The lowest BCUT2D eigenvalue weighted by Crippen LogP contribution is -2.13. The van der Waals surface area contributed by atoms with Gasteiger partial charge in [0.05, 0.1) is 11.8 Å². The van der Waals surface area contributed by atoms with Crippen molar-refractivity contribution >= 4 is 22.8 Å². The Kier molecular flexibility index (Phi) is 2.37. The highest BCUT2D eigenvalue weighted by molar-refractivity contribution is 6.04. The Morgan fingerprint density at radius 1 is 1.39 bits per heavy atom. The maximum atomic E-state index is 12.0. The summed E-state index contributed by atoms with van der Waals surface area (Å²) >= 11 is 0. The average molecular weight is 241 g/mol. The number of hydrogen-bond donors (Lipinski definition) is 2. The summed E-state index contributed by atoms with van der Waals surface area (Å²) in [6, 6.07) is 7.12. The summed E-state index contributed by atoms with van der Waals surface area (Å²) < 4.78 is 5.19. The zero-order valence-electron chi connectivity index (χ0n) is 9.73. The first-order valence-corrected chi connectivity index (χ1v) is 5.52. The Bertz CT molecular complexity index is 683. The minimum absolute atomic E-state index is 0.237. The molecule has 0 aromatic carbocycles. The van der Waals surface area contributed by atoms with Crippen LogP contribution in [0.3, 0.4) is 0 Å². The summed E-state index contributed by atoms with van der Waals surface area (Å²) in [6.07, 6.45) is 3.23. The molecule has 3 heterocycles. The van der Waals surface area contributed by atoms with Crippen LogP contribution >= 0.6 is 0 Å². The summed E-state index contributed by atoms with van der Waals surface area (Å²) in [4.78, 5) is 19.0. The van der Waals surface area contributed by atoms with Crippen LogP contribution in [0.4, 0.5) is 5.82 Å². The Morgan fingerprint density at radius 2 is 2.28 bits per heavy atom. The van der Waals surface area contributed by atoms with Crippen LogP contribution in [0, 0.1) is 6.92 Å². The van der Waals surface area contributed by atoms with Crippen molar-refractivity contribution in [2.24, 2.45) is 0 Å². The lowest BCUT2D eigenvalue weighted by atomic mass is 10.3. The molecule has 0 aliphatic carbocycles. The number of pyridine rings is 1. The molecule has 0 bridgehead atoms. The zero-order chi connectivity index (χ0) is 12.5. The summed E-state index contributed by atoms with van der Waals surface area (Å²) in [5, 5.41) is 2.73. The third-order valence-electron chi connectivity index (χ3n) is 2.64. The van der Waals surface area contributed by atoms with Gasteiger partial charge in [0.25, 0.3) is 5.91 Å². The minimum atomic E-state index is -0.237. The van der Waals surface area contributed by atoms with Gasteiger partial charge in [-0.2, -0.15) is 0 Å². The van der Waals surface area contributed by atoms with Gasteiger partial charge in [-0.15, -0.1) is 0 Å². The van der Waals surface area contributed by atoms with Crippen molar-refractivity contribution in [3.8, 4) is 0 Å². The number of anilines is 1. The smallest absolute Gasteiger partial charge is 0.273 e. The lowest BCUT2D eigenvalue weighted by molar-refractivity contribution is 0.102. The number of nitrogens with one attached hydrogen (secondary N) is 2. The van der Waals surface area contributed by atoms with Gasteiger partial charge >= 0.3 is 0 Å². The maximum absolute atomic E-state index is 12.0. The van der Waals surface area contributed by atoms with Gasteiger partial charge in [0.15, 0.2) is 5.58 Å². The van der Waals surface area contributed by atoms with Gasteiger partial charge in [0.2, 0.25) is 0 Å². The van der Waals surface area contributed by atoms with E-state index in [0.717, 1.165) is 11.1 Å². The first kappa shape index (κ1) is 10.6. The van der Waals surface area contributed by atoms with E-state index in [2.05, 4.69) is 15.3 Å². The monoisotopic (exact) mass is 241 g/mol. The number of aryl methyl sites for hydroxylation is 1. The van der Waals surface area contributed by atoms with E-state index in [1.807, 2.05) is 19.1 Å². The Hall–Kier alpha value is -2.56.